The third-order valence-corrected chi connectivity index (χ3v) is 1.40. The molecule has 0 saturated heterocycles. The molecule has 0 unspecified atom stereocenters. The average Bonchev–Trinajstić information content (AvgIpc) is 2.04. The SMILES string of the molecule is N#CCCCCNC(=O)CCl. The molecule has 0 spiro atoms. The van der Waals surface area contributed by atoms with Gasteiger partial charge in [-0.2, -0.15) is 5.26 Å². The van der Waals surface area contributed by atoms with E-state index in [0.717, 1.165) is 12.8 Å². The van der Waals surface area contributed by atoms with Crippen molar-refractivity contribution in [2.24, 2.45) is 0 Å². The first kappa shape index (κ1) is 10.2. The minimum absolute atomic E-state index is 0.0122. The van der Waals surface area contributed by atoms with Crippen molar-refractivity contribution in [1.82, 2.24) is 5.32 Å². The van der Waals surface area contributed by atoms with Gasteiger partial charge in [-0.05, 0) is 12.8 Å². The topological polar surface area (TPSA) is 52.9 Å². The summed E-state index contributed by atoms with van der Waals surface area (Å²) >= 11 is 5.23. The average molecular weight is 175 g/mol. The molecule has 3 nitrogen and oxygen atoms in total. The van der Waals surface area contributed by atoms with Gasteiger partial charge in [0, 0.05) is 13.0 Å². The zero-order valence-electron chi connectivity index (χ0n) is 6.27. The molecule has 0 aliphatic rings. The molecule has 0 aromatic heterocycles. The van der Waals surface area contributed by atoms with Crippen LogP contribution in [0.25, 0.3) is 0 Å². The number of nitriles is 1. The van der Waals surface area contributed by atoms with Crippen LogP contribution in [0.15, 0.2) is 0 Å². The fraction of sp³-hybridized carbons (Fsp3) is 0.714. The maximum atomic E-state index is 10.5. The van der Waals surface area contributed by atoms with Gasteiger partial charge in [0.1, 0.15) is 5.88 Å². The molecule has 0 rings (SSSR count). The quantitative estimate of drug-likeness (QED) is 0.500. The summed E-state index contributed by atoms with van der Waals surface area (Å²) in [5, 5.41) is 10.8. The normalized spacial score (nSPS) is 8.73. The standard InChI is InChI=1S/C7H11ClN2O/c8-6-7(11)10-5-3-1-2-4-9/h1-3,5-6H2,(H,10,11). The van der Waals surface area contributed by atoms with Crippen LogP contribution in [-0.4, -0.2) is 18.3 Å². The first-order chi connectivity index (χ1) is 5.31. The lowest BCUT2D eigenvalue weighted by Crippen LogP contribution is -2.25. The maximum absolute atomic E-state index is 10.5. The number of carbonyl (C=O) groups excluding carboxylic acids is 1. The predicted octanol–water partition coefficient (Wildman–Crippen LogP) is 1.04. The maximum Gasteiger partial charge on any atom is 0.234 e. The number of rotatable bonds is 5. The summed E-state index contributed by atoms with van der Waals surface area (Å²) in [4.78, 5) is 10.5. The Kier molecular flexibility index (Phi) is 6.86. The van der Waals surface area contributed by atoms with E-state index in [9.17, 15) is 4.79 Å². The van der Waals surface area contributed by atoms with E-state index in [4.69, 9.17) is 16.9 Å². The Labute approximate surface area is 71.3 Å². The molecule has 0 saturated carbocycles. The van der Waals surface area contributed by atoms with Crippen LogP contribution in [0.5, 0.6) is 0 Å². The fourth-order valence-corrected chi connectivity index (χ4v) is 0.699. The van der Waals surface area contributed by atoms with Crippen LogP contribution in [0.2, 0.25) is 0 Å². The minimum Gasteiger partial charge on any atom is -0.355 e. The number of nitrogens with zero attached hydrogens (tertiary/aromatic N) is 1. The Morgan fingerprint density at radius 2 is 2.27 bits per heavy atom. The molecule has 0 aromatic carbocycles. The lowest BCUT2D eigenvalue weighted by molar-refractivity contribution is -0.118. The van der Waals surface area contributed by atoms with E-state index in [-0.39, 0.29) is 11.8 Å². The molecule has 0 aliphatic carbocycles. The van der Waals surface area contributed by atoms with E-state index >= 15 is 0 Å². The Hall–Kier alpha value is -0.750. The van der Waals surface area contributed by atoms with E-state index in [2.05, 4.69) is 5.32 Å². The highest BCUT2D eigenvalue weighted by Gasteiger charge is 1.95. The minimum atomic E-state index is -0.149. The Morgan fingerprint density at radius 3 is 2.82 bits per heavy atom. The summed E-state index contributed by atoms with van der Waals surface area (Å²) in [6, 6.07) is 2.03. The Balaban J connectivity index is 3.03. The van der Waals surface area contributed by atoms with Crippen molar-refractivity contribution in [2.75, 3.05) is 12.4 Å². The number of amides is 1. The summed E-state index contributed by atoms with van der Waals surface area (Å²) in [6.07, 6.45) is 2.23. The fourth-order valence-electron chi connectivity index (χ4n) is 0.604. The molecular weight excluding hydrogens is 164 g/mol. The molecule has 0 radical (unpaired) electrons. The van der Waals surface area contributed by atoms with Crippen molar-refractivity contribution in [3.05, 3.63) is 0 Å². The summed E-state index contributed by atoms with van der Waals surface area (Å²) in [6.45, 7) is 0.618. The van der Waals surface area contributed by atoms with Crippen molar-refractivity contribution in [1.29, 1.82) is 5.26 Å². The molecule has 11 heavy (non-hydrogen) atoms. The van der Waals surface area contributed by atoms with Gasteiger partial charge in [0.2, 0.25) is 5.91 Å². The molecule has 0 fully saturated rings. The van der Waals surface area contributed by atoms with Gasteiger partial charge >= 0.3 is 0 Å². The van der Waals surface area contributed by atoms with E-state index in [1.165, 1.54) is 0 Å². The first-order valence-electron chi connectivity index (χ1n) is 3.51. The van der Waals surface area contributed by atoms with Crippen molar-refractivity contribution in [2.45, 2.75) is 19.3 Å². The number of alkyl halides is 1. The number of hydrogen-bond acceptors (Lipinski definition) is 2. The third kappa shape index (κ3) is 7.14. The van der Waals surface area contributed by atoms with Gasteiger partial charge in [-0.1, -0.05) is 0 Å². The van der Waals surface area contributed by atoms with Gasteiger partial charge < -0.3 is 5.32 Å². The van der Waals surface area contributed by atoms with Gasteiger partial charge in [0.25, 0.3) is 0 Å². The molecule has 0 bridgehead atoms. The highest BCUT2D eigenvalue weighted by molar-refractivity contribution is 6.27. The number of unbranched alkanes of at least 4 members (excludes halogenated alkanes) is 2. The van der Waals surface area contributed by atoms with Crippen molar-refractivity contribution in [3.63, 3.8) is 0 Å². The smallest absolute Gasteiger partial charge is 0.234 e. The van der Waals surface area contributed by atoms with Gasteiger partial charge in [0.05, 0.1) is 6.07 Å². The number of halogens is 1. The summed E-state index contributed by atoms with van der Waals surface area (Å²) in [7, 11) is 0. The van der Waals surface area contributed by atoms with Crippen molar-refractivity contribution < 1.29 is 4.79 Å². The van der Waals surface area contributed by atoms with E-state index < -0.39 is 0 Å². The molecule has 0 atom stereocenters. The second-order valence-electron chi connectivity index (χ2n) is 2.10. The number of carbonyl (C=O) groups is 1. The van der Waals surface area contributed by atoms with Crippen LogP contribution in [0.1, 0.15) is 19.3 Å². The zero-order chi connectivity index (χ0) is 8.53. The lowest BCUT2D eigenvalue weighted by Gasteiger charge is -1.99. The summed E-state index contributed by atoms with van der Waals surface area (Å²) in [5.41, 5.74) is 0. The number of hydrogen-bond donors (Lipinski definition) is 1. The molecule has 62 valence electrons. The van der Waals surface area contributed by atoms with Gasteiger partial charge in [-0.15, -0.1) is 11.6 Å². The van der Waals surface area contributed by atoms with Crippen molar-refractivity contribution >= 4 is 17.5 Å². The Bertz CT molecular complexity index is 153. The molecule has 1 amide bonds. The van der Waals surface area contributed by atoms with Crippen LogP contribution >= 0.6 is 11.6 Å². The van der Waals surface area contributed by atoms with Crippen LogP contribution in [-0.2, 0) is 4.79 Å². The molecule has 0 aromatic rings. The van der Waals surface area contributed by atoms with Gasteiger partial charge in [-0.3, -0.25) is 4.79 Å². The molecule has 0 heterocycles. The second kappa shape index (κ2) is 7.36. The predicted molar refractivity (Wildman–Crippen MR) is 43.2 cm³/mol. The van der Waals surface area contributed by atoms with Gasteiger partial charge in [0.15, 0.2) is 0 Å². The van der Waals surface area contributed by atoms with E-state index in [0.29, 0.717) is 13.0 Å². The molecular formula is C7H11ClN2O. The molecule has 0 aliphatic heterocycles. The molecule has 1 N–H and O–H groups in total. The van der Waals surface area contributed by atoms with E-state index in [1.54, 1.807) is 0 Å². The monoisotopic (exact) mass is 174 g/mol. The second-order valence-corrected chi connectivity index (χ2v) is 2.37. The van der Waals surface area contributed by atoms with Crippen LogP contribution in [0.3, 0.4) is 0 Å². The highest BCUT2D eigenvalue weighted by Crippen LogP contribution is 1.91. The van der Waals surface area contributed by atoms with Crippen LogP contribution in [0, 0.1) is 11.3 Å². The zero-order valence-corrected chi connectivity index (χ0v) is 7.02. The summed E-state index contributed by atoms with van der Waals surface area (Å²) in [5.74, 6) is -0.137. The molecule has 4 heteroatoms. The third-order valence-electron chi connectivity index (χ3n) is 1.16. The first-order valence-corrected chi connectivity index (χ1v) is 4.04. The number of nitrogens with one attached hydrogen (secondary N) is 1. The van der Waals surface area contributed by atoms with Gasteiger partial charge in [-0.25, -0.2) is 0 Å². The summed E-state index contributed by atoms with van der Waals surface area (Å²) < 4.78 is 0. The van der Waals surface area contributed by atoms with Crippen molar-refractivity contribution in [3.8, 4) is 6.07 Å². The Morgan fingerprint density at radius 1 is 1.55 bits per heavy atom. The largest absolute Gasteiger partial charge is 0.355 e. The van der Waals surface area contributed by atoms with Crippen LogP contribution in [0.4, 0.5) is 0 Å². The lowest BCUT2D eigenvalue weighted by atomic mass is 10.2. The highest BCUT2D eigenvalue weighted by atomic mass is 35.5. The van der Waals surface area contributed by atoms with E-state index in [1.807, 2.05) is 6.07 Å². The van der Waals surface area contributed by atoms with Crippen LogP contribution < -0.4 is 5.32 Å².